The Labute approximate surface area is 112 Å². The third kappa shape index (κ3) is 2.25. The number of benzene rings is 1. The van der Waals surface area contributed by atoms with Gasteiger partial charge in [0.2, 0.25) is 0 Å². The summed E-state index contributed by atoms with van der Waals surface area (Å²) in [5.74, 6) is 0. The van der Waals surface area contributed by atoms with Crippen LogP contribution in [-0.2, 0) is 0 Å². The second-order valence-corrected chi connectivity index (χ2v) is 5.51. The van der Waals surface area contributed by atoms with Gasteiger partial charge in [0.25, 0.3) is 0 Å². The molecule has 0 saturated carbocycles. The van der Waals surface area contributed by atoms with Crippen LogP contribution in [0.1, 0.15) is 27.1 Å². The summed E-state index contributed by atoms with van der Waals surface area (Å²) < 4.78 is 6.05. The van der Waals surface area contributed by atoms with Crippen molar-refractivity contribution in [1.82, 2.24) is 0 Å². The molecule has 0 aliphatic heterocycles. The van der Waals surface area contributed by atoms with E-state index < -0.39 is 0 Å². The molecule has 0 N–H and O–H groups in total. The fourth-order valence-corrected chi connectivity index (χ4v) is 3.32. The van der Waals surface area contributed by atoms with Crippen LogP contribution in [0.25, 0.3) is 0 Å². The maximum atomic E-state index is 5.26. The molecule has 1 atom stereocenters. The number of hydrogen-bond acceptors (Lipinski definition) is 1. The predicted octanol–water partition coefficient (Wildman–Crippen LogP) is 5.14. The minimum atomic E-state index is 0.167. The van der Waals surface area contributed by atoms with Crippen LogP contribution >= 0.6 is 31.9 Å². The van der Waals surface area contributed by atoms with Gasteiger partial charge in [-0.05, 0) is 47.0 Å². The van der Waals surface area contributed by atoms with Gasteiger partial charge < -0.3 is 4.42 Å². The maximum absolute atomic E-state index is 5.26. The number of furan rings is 1. The van der Waals surface area contributed by atoms with Crippen LogP contribution in [0.15, 0.2) is 39.6 Å². The molecule has 0 bridgehead atoms. The van der Waals surface area contributed by atoms with Crippen LogP contribution < -0.4 is 0 Å². The number of rotatable bonds is 2. The molecule has 3 heteroatoms. The lowest BCUT2D eigenvalue weighted by Crippen LogP contribution is -1.95. The van der Waals surface area contributed by atoms with Gasteiger partial charge in [0, 0.05) is 5.56 Å². The minimum absolute atomic E-state index is 0.167. The van der Waals surface area contributed by atoms with Crippen LogP contribution in [0, 0.1) is 13.8 Å². The summed E-state index contributed by atoms with van der Waals surface area (Å²) in [6.07, 6.45) is 1.69. The lowest BCUT2D eigenvalue weighted by molar-refractivity contribution is 0.537. The summed E-state index contributed by atoms with van der Waals surface area (Å²) in [4.78, 5) is 0.167. The zero-order valence-electron chi connectivity index (χ0n) is 9.13. The molecule has 0 saturated heterocycles. The first-order valence-corrected chi connectivity index (χ1v) is 6.74. The topological polar surface area (TPSA) is 13.1 Å². The average Bonchev–Trinajstić information content (AvgIpc) is 2.67. The van der Waals surface area contributed by atoms with E-state index in [4.69, 9.17) is 4.42 Å². The lowest BCUT2D eigenvalue weighted by Gasteiger charge is -2.13. The van der Waals surface area contributed by atoms with E-state index in [1.165, 1.54) is 16.7 Å². The molecule has 1 heterocycles. The van der Waals surface area contributed by atoms with E-state index in [1.807, 2.05) is 6.07 Å². The van der Waals surface area contributed by atoms with Crippen LogP contribution in [0.3, 0.4) is 0 Å². The first-order chi connectivity index (χ1) is 7.59. The summed E-state index contributed by atoms with van der Waals surface area (Å²) in [7, 11) is 0. The Kier molecular flexibility index (Phi) is 3.55. The fourth-order valence-electron chi connectivity index (χ4n) is 1.69. The van der Waals surface area contributed by atoms with E-state index in [-0.39, 0.29) is 4.83 Å². The molecule has 1 nitrogen and oxygen atoms in total. The highest BCUT2D eigenvalue weighted by Gasteiger charge is 2.17. The highest BCUT2D eigenvalue weighted by atomic mass is 79.9. The first-order valence-electron chi connectivity index (χ1n) is 5.03. The molecule has 16 heavy (non-hydrogen) atoms. The maximum Gasteiger partial charge on any atom is 0.173 e. The molecule has 2 rings (SSSR count). The summed E-state index contributed by atoms with van der Waals surface area (Å²) in [5, 5.41) is 0. The fraction of sp³-hybridized carbons (Fsp3) is 0.231. The number of hydrogen-bond donors (Lipinski definition) is 0. The molecule has 1 aromatic heterocycles. The third-order valence-electron chi connectivity index (χ3n) is 2.63. The van der Waals surface area contributed by atoms with Crippen molar-refractivity contribution in [1.29, 1.82) is 0 Å². The Morgan fingerprint density at radius 1 is 1.12 bits per heavy atom. The molecular formula is C13H12Br2O. The Balaban J connectivity index is 2.45. The van der Waals surface area contributed by atoms with Gasteiger partial charge in [0.1, 0.15) is 0 Å². The molecule has 1 unspecified atom stereocenters. The van der Waals surface area contributed by atoms with E-state index in [1.54, 1.807) is 6.26 Å². The Hall–Kier alpha value is -0.540. The molecule has 84 valence electrons. The SMILES string of the molecule is Cc1ccc(C)c(C(Br)c2ccoc2Br)c1. The molecular weight excluding hydrogens is 332 g/mol. The van der Waals surface area contributed by atoms with Crippen molar-refractivity contribution in [3.8, 4) is 0 Å². The number of aryl methyl sites for hydroxylation is 2. The van der Waals surface area contributed by atoms with Gasteiger partial charge in [0.15, 0.2) is 4.67 Å². The van der Waals surface area contributed by atoms with Crippen molar-refractivity contribution >= 4 is 31.9 Å². The summed E-state index contributed by atoms with van der Waals surface area (Å²) >= 11 is 7.13. The quantitative estimate of drug-likeness (QED) is 0.688. The molecule has 2 aromatic rings. The summed E-state index contributed by atoms with van der Waals surface area (Å²) in [6.45, 7) is 4.23. The molecule has 0 spiro atoms. The van der Waals surface area contributed by atoms with Crippen molar-refractivity contribution in [2.24, 2.45) is 0 Å². The predicted molar refractivity (Wildman–Crippen MR) is 73.1 cm³/mol. The van der Waals surface area contributed by atoms with Gasteiger partial charge in [-0.25, -0.2) is 0 Å². The number of alkyl halides is 1. The molecule has 0 radical (unpaired) electrons. The summed E-state index contributed by atoms with van der Waals surface area (Å²) in [5.41, 5.74) is 4.95. The molecule has 0 aliphatic rings. The van der Waals surface area contributed by atoms with E-state index in [2.05, 4.69) is 63.9 Å². The van der Waals surface area contributed by atoms with E-state index in [9.17, 15) is 0 Å². The van der Waals surface area contributed by atoms with Gasteiger partial charge in [0.05, 0.1) is 11.1 Å². The summed E-state index contributed by atoms with van der Waals surface area (Å²) in [6, 6.07) is 8.45. The van der Waals surface area contributed by atoms with E-state index in [0.29, 0.717) is 0 Å². The van der Waals surface area contributed by atoms with Crippen LogP contribution in [0.4, 0.5) is 0 Å². The molecule has 0 aliphatic carbocycles. The molecule has 0 amide bonds. The van der Waals surface area contributed by atoms with Gasteiger partial charge in [-0.15, -0.1) is 0 Å². The van der Waals surface area contributed by atoms with Crippen molar-refractivity contribution in [3.05, 3.63) is 57.5 Å². The Morgan fingerprint density at radius 2 is 1.88 bits per heavy atom. The Morgan fingerprint density at radius 3 is 2.50 bits per heavy atom. The van der Waals surface area contributed by atoms with Crippen LogP contribution in [-0.4, -0.2) is 0 Å². The average molecular weight is 344 g/mol. The van der Waals surface area contributed by atoms with Crippen molar-refractivity contribution in [2.45, 2.75) is 18.7 Å². The number of halogens is 2. The smallest absolute Gasteiger partial charge is 0.173 e. The molecule has 1 aromatic carbocycles. The normalized spacial score (nSPS) is 12.8. The van der Waals surface area contributed by atoms with E-state index in [0.717, 1.165) is 10.2 Å². The zero-order chi connectivity index (χ0) is 11.7. The van der Waals surface area contributed by atoms with Crippen LogP contribution in [0.2, 0.25) is 0 Å². The Bertz CT molecular complexity index is 502. The van der Waals surface area contributed by atoms with Crippen molar-refractivity contribution in [3.63, 3.8) is 0 Å². The first kappa shape index (κ1) is 11.9. The van der Waals surface area contributed by atoms with Gasteiger partial charge >= 0.3 is 0 Å². The monoisotopic (exact) mass is 342 g/mol. The third-order valence-corrected chi connectivity index (χ3v) is 4.26. The largest absolute Gasteiger partial charge is 0.457 e. The van der Waals surface area contributed by atoms with Crippen molar-refractivity contribution in [2.75, 3.05) is 0 Å². The lowest BCUT2D eigenvalue weighted by atomic mass is 10.00. The van der Waals surface area contributed by atoms with Crippen molar-refractivity contribution < 1.29 is 4.42 Å². The zero-order valence-corrected chi connectivity index (χ0v) is 12.3. The standard InChI is InChI=1S/C13H12Br2O/c1-8-3-4-9(2)11(7-8)12(14)10-5-6-16-13(10)15/h3-7,12H,1-2H3. The van der Waals surface area contributed by atoms with Crippen LogP contribution in [0.5, 0.6) is 0 Å². The second-order valence-electron chi connectivity index (χ2n) is 3.87. The highest BCUT2D eigenvalue weighted by molar-refractivity contribution is 9.10. The highest BCUT2D eigenvalue weighted by Crippen LogP contribution is 2.37. The minimum Gasteiger partial charge on any atom is -0.457 e. The second kappa shape index (κ2) is 4.76. The van der Waals surface area contributed by atoms with Gasteiger partial charge in [-0.1, -0.05) is 39.7 Å². The van der Waals surface area contributed by atoms with E-state index >= 15 is 0 Å². The van der Waals surface area contributed by atoms with Gasteiger partial charge in [-0.2, -0.15) is 0 Å². The van der Waals surface area contributed by atoms with Gasteiger partial charge in [-0.3, -0.25) is 0 Å². The molecule has 0 fully saturated rings.